The normalized spacial score (nSPS) is 11.1. The number of hydrogen-bond donors (Lipinski definition) is 1. The average molecular weight is 418 g/mol. The van der Waals surface area contributed by atoms with E-state index in [4.69, 9.17) is 9.15 Å². The van der Waals surface area contributed by atoms with Crippen LogP contribution < -0.4 is 15.7 Å². The van der Waals surface area contributed by atoms with Crippen molar-refractivity contribution < 1.29 is 13.9 Å². The van der Waals surface area contributed by atoms with Gasteiger partial charge in [-0.25, -0.2) is 9.31 Å². The Morgan fingerprint density at radius 3 is 2.77 bits per heavy atom. The number of para-hydroxylation sites is 1. The van der Waals surface area contributed by atoms with Crippen LogP contribution in [-0.4, -0.2) is 27.6 Å². The van der Waals surface area contributed by atoms with Crippen molar-refractivity contribution in [2.24, 2.45) is 0 Å². The van der Waals surface area contributed by atoms with Crippen molar-refractivity contribution in [1.82, 2.24) is 14.6 Å². The molecule has 0 unspecified atom stereocenters. The van der Waals surface area contributed by atoms with Crippen LogP contribution in [0, 0.1) is 0 Å². The third-order valence-corrected chi connectivity index (χ3v) is 5.39. The molecule has 0 aliphatic rings. The number of nitrogens with one attached hydrogen (secondary N) is 1. The van der Waals surface area contributed by atoms with Crippen molar-refractivity contribution in [2.75, 3.05) is 12.4 Å². The van der Waals surface area contributed by atoms with Gasteiger partial charge in [-0.1, -0.05) is 18.2 Å². The number of rotatable bonds is 4. The molecular formula is C21H14N4O4S. The number of ether oxygens (including phenoxy) is 1. The lowest BCUT2D eigenvalue weighted by Gasteiger charge is -2.02. The fourth-order valence-electron chi connectivity index (χ4n) is 3.08. The van der Waals surface area contributed by atoms with Gasteiger partial charge in [0, 0.05) is 16.3 Å². The van der Waals surface area contributed by atoms with Crippen LogP contribution >= 0.6 is 11.3 Å². The van der Waals surface area contributed by atoms with Gasteiger partial charge in [-0.15, -0.1) is 16.4 Å². The second-order valence-corrected chi connectivity index (χ2v) is 7.26. The van der Waals surface area contributed by atoms with E-state index in [1.165, 1.54) is 17.4 Å². The number of benzene rings is 2. The molecule has 1 N–H and O–H groups in total. The molecule has 0 spiro atoms. The van der Waals surface area contributed by atoms with Gasteiger partial charge in [0.15, 0.2) is 0 Å². The van der Waals surface area contributed by atoms with Crippen LogP contribution in [-0.2, 0) is 0 Å². The Balaban J connectivity index is 1.46. The first-order valence-corrected chi connectivity index (χ1v) is 9.83. The van der Waals surface area contributed by atoms with Crippen molar-refractivity contribution in [3.63, 3.8) is 0 Å². The zero-order chi connectivity index (χ0) is 20.7. The smallest absolute Gasteiger partial charge is 0.349 e. The Morgan fingerprint density at radius 1 is 1.17 bits per heavy atom. The lowest BCUT2D eigenvalue weighted by molar-refractivity contribution is 0.102. The number of carbonyl (C=O) groups is 1. The summed E-state index contributed by atoms with van der Waals surface area (Å²) in [4.78, 5) is 29.8. The Morgan fingerprint density at radius 2 is 1.97 bits per heavy atom. The molecule has 8 nitrogen and oxygen atoms in total. The highest BCUT2D eigenvalue weighted by Gasteiger charge is 2.18. The Labute approximate surface area is 173 Å². The molecule has 0 aliphatic heterocycles. The van der Waals surface area contributed by atoms with Gasteiger partial charge in [-0.3, -0.25) is 10.1 Å². The minimum Gasteiger partial charge on any atom is -0.497 e. The highest BCUT2D eigenvalue weighted by Crippen LogP contribution is 2.27. The second-order valence-electron chi connectivity index (χ2n) is 6.42. The zero-order valence-corrected chi connectivity index (χ0v) is 16.5. The maximum atomic E-state index is 12.6. The number of methoxy groups -OCH3 is 1. The Hall–Kier alpha value is -3.98. The first-order valence-electron chi connectivity index (χ1n) is 8.95. The van der Waals surface area contributed by atoms with E-state index in [9.17, 15) is 9.59 Å². The van der Waals surface area contributed by atoms with Gasteiger partial charge in [-0.05, 0) is 36.4 Å². The third kappa shape index (κ3) is 3.11. The predicted molar refractivity (Wildman–Crippen MR) is 113 cm³/mol. The van der Waals surface area contributed by atoms with Crippen LogP contribution in [0.15, 0.2) is 69.2 Å². The summed E-state index contributed by atoms with van der Waals surface area (Å²) >= 11 is 1.39. The van der Waals surface area contributed by atoms with Gasteiger partial charge in [0.1, 0.15) is 16.9 Å². The van der Waals surface area contributed by atoms with Crippen LogP contribution in [0.1, 0.15) is 10.4 Å². The molecular weight excluding hydrogens is 404 g/mol. The minimum absolute atomic E-state index is 0.106. The first-order chi connectivity index (χ1) is 14.6. The monoisotopic (exact) mass is 418 g/mol. The standard InChI is InChI=1S/C21H14N4O4S/c1-28-14-8-6-12(7-9-14)16-11-30-21-23-20(24-25(16)21)22-18(26)15-10-13-4-2-3-5-17(13)29-19(15)27/h2-11H,1H3,(H,22,24,26). The number of aromatic nitrogens is 3. The van der Waals surface area contributed by atoms with E-state index < -0.39 is 11.5 Å². The second kappa shape index (κ2) is 7.12. The molecule has 0 saturated heterocycles. The number of carbonyl (C=O) groups excluding carboxylic acids is 1. The van der Waals surface area contributed by atoms with Crippen molar-refractivity contribution in [2.45, 2.75) is 0 Å². The number of nitrogens with zero attached hydrogens (tertiary/aromatic N) is 3. The van der Waals surface area contributed by atoms with Crippen LogP contribution in [0.4, 0.5) is 5.95 Å². The topological polar surface area (TPSA) is 98.7 Å². The summed E-state index contributed by atoms with van der Waals surface area (Å²) in [5, 5.41) is 9.54. The largest absolute Gasteiger partial charge is 0.497 e. The maximum absolute atomic E-state index is 12.6. The third-order valence-electron chi connectivity index (χ3n) is 4.58. The zero-order valence-electron chi connectivity index (χ0n) is 15.7. The lowest BCUT2D eigenvalue weighted by Crippen LogP contribution is -2.21. The summed E-state index contributed by atoms with van der Waals surface area (Å²) in [5.41, 5.74) is 1.35. The maximum Gasteiger partial charge on any atom is 0.349 e. The van der Waals surface area contributed by atoms with E-state index in [1.807, 2.05) is 29.6 Å². The van der Waals surface area contributed by atoms with Gasteiger partial charge in [0.2, 0.25) is 4.96 Å². The summed E-state index contributed by atoms with van der Waals surface area (Å²) in [6.07, 6.45) is 0. The van der Waals surface area contributed by atoms with E-state index in [0.29, 0.717) is 15.9 Å². The summed E-state index contributed by atoms with van der Waals surface area (Å²) in [5.74, 6) is 0.235. The molecule has 0 fully saturated rings. The Bertz CT molecular complexity index is 1450. The fraction of sp³-hybridized carbons (Fsp3) is 0.0476. The van der Waals surface area contributed by atoms with Gasteiger partial charge in [0.25, 0.3) is 11.9 Å². The van der Waals surface area contributed by atoms with Gasteiger partial charge < -0.3 is 9.15 Å². The summed E-state index contributed by atoms with van der Waals surface area (Å²) in [6.45, 7) is 0. The lowest BCUT2D eigenvalue weighted by atomic mass is 10.2. The molecule has 148 valence electrons. The van der Waals surface area contributed by atoms with E-state index in [-0.39, 0.29) is 11.5 Å². The minimum atomic E-state index is -0.717. The highest BCUT2D eigenvalue weighted by molar-refractivity contribution is 7.15. The molecule has 0 atom stereocenters. The molecule has 0 radical (unpaired) electrons. The molecule has 5 rings (SSSR count). The number of anilines is 1. The van der Waals surface area contributed by atoms with E-state index in [0.717, 1.165) is 17.0 Å². The van der Waals surface area contributed by atoms with E-state index in [2.05, 4.69) is 15.4 Å². The van der Waals surface area contributed by atoms with Crippen molar-refractivity contribution in [3.8, 4) is 17.0 Å². The number of fused-ring (bicyclic) bond motifs is 2. The molecule has 3 heterocycles. The van der Waals surface area contributed by atoms with E-state index in [1.54, 1.807) is 35.9 Å². The highest BCUT2D eigenvalue weighted by atomic mass is 32.1. The first kappa shape index (κ1) is 18.1. The quantitative estimate of drug-likeness (QED) is 0.446. The molecule has 30 heavy (non-hydrogen) atoms. The number of thiazole rings is 1. The summed E-state index contributed by atoms with van der Waals surface area (Å²) in [7, 11) is 1.61. The fourth-order valence-corrected chi connectivity index (χ4v) is 3.91. The van der Waals surface area contributed by atoms with E-state index >= 15 is 0 Å². The molecule has 9 heteroatoms. The van der Waals surface area contributed by atoms with Crippen LogP contribution in [0.3, 0.4) is 0 Å². The average Bonchev–Trinajstić information content (AvgIpc) is 3.33. The Kier molecular flexibility index (Phi) is 4.29. The van der Waals surface area contributed by atoms with Crippen molar-refractivity contribution in [1.29, 1.82) is 0 Å². The molecule has 0 bridgehead atoms. The van der Waals surface area contributed by atoms with Gasteiger partial charge >= 0.3 is 5.63 Å². The van der Waals surface area contributed by atoms with Gasteiger partial charge in [0.05, 0.1) is 12.8 Å². The molecule has 2 aromatic carbocycles. The number of amides is 1. The molecule has 0 saturated carbocycles. The molecule has 5 aromatic rings. The molecule has 3 aromatic heterocycles. The van der Waals surface area contributed by atoms with Crippen molar-refractivity contribution >= 4 is 39.1 Å². The molecule has 0 aliphatic carbocycles. The number of hydrogen-bond acceptors (Lipinski definition) is 7. The van der Waals surface area contributed by atoms with Gasteiger partial charge in [-0.2, -0.15) is 4.98 Å². The summed E-state index contributed by atoms with van der Waals surface area (Å²) < 4.78 is 12.1. The summed E-state index contributed by atoms with van der Waals surface area (Å²) in [6, 6.07) is 16.0. The SMILES string of the molecule is COc1ccc(-c2csc3nc(NC(=O)c4cc5ccccc5oc4=O)nn23)cc1. The van der Waals surface area contributed by atoms with Crippen molar-refractivity contribution in [3.05, 3.63) is 76.0 Å². The van der Waals surface area contributed by atoms with Crippen LogP contribution in [0.25, 0.3) is 27.2 Å². The van der Waals surface area contributed by atoms with Crippen LogP contribution in [0.5, 0.6) is 5.75 Å². The predicted octanol–water partition coefficient (Wildman–Crippen LogP) is 3.83. The van der Waals surface area contributed by atoms with Crippen LogP contribution in [0.2, 0.25) is 0 Å². The molecule has 1 amide bonds.